The van der Waals surface area contributed by atoms with Crippen LogP contribution in [0.3, 0.4) is 0 Å². The molecule has 0 aliphatic rings. The van der Waals surface area contributed by atoms with Crippen LogP contribution in [0.15, 0.2) is 36.4 Å². The van der Waals surface area contributed by atoms with E-state index in [4.69, 9.17) is 0 Å². The third-order valence-electron chi connectivity index (χ3n) is 2.10. The number of aromatic nitrogens is 2. The molecule has 3 nitrogen and oxygen atoms in total. The summed E-state index contributed by atoms with van der Waals surface area (Å²) >= 11 is 2.21. The Morgan fingerprint density at radius 2 is 1.94 bits per heavy atom. The monoisotopic (exact) mass is 325 g/mol. The standard InChI is InChI=1S/C12H12IN3/c1-2-14-12-15-10(8-11(13)16-12)9-6-4-3-5-7-9/h3-8H,2H2,1H3,(H,14,15,16). The van der Waals surface area contributed by atoms with Gasteiger partial charge in [0, 0.05) is 12.1 Å². The second-order valence-electron chi connectivity index (χ2n) is 3.30. The maximum Gasteiger partial charge on any atom is 0.224 e. The van der Waals surface area contributed by atoms with Crippen molar-refractivity contribution in [2.75, 3.05) is 11.9 Å². The molecule has 0 spiro atoms. The molecule has 1 aromatic carbocycles. The molecule has 1 N–H and O–H groups in total. The Kier molecular flexibility index (Phi) is 3.71. The molecule has 2 rings (SSSR count). The van der Waals surface area contributed by atoms with Crippen LogP contribution in [0.5, 0.6) is 0 Å². The molecular formula is C12H12IN3. The van der Waals surface area contributed by atoms with E-state index in [1.165, 1.54) is 0 Å². The molecule has 0 unspecified atom stereocenters. The highest BCUT2D eigenvalue weighted by molar-refractivity contribution is 14.1. The fraction of sp³-hybridized carbons (Fsp3) is 0.167. The van der Waals surface area contributed by atoms with Crippen LogP contribution in [0.25, 0.3) is 11.3 Å². The van der Waals surface area contributed by atoms with Gasteiger partial charge in [-0.25, -0.2) is 9.97 Å². The zero-order valence-corrected chi connectivity index (χ0v) is 11.1. The predicted molar refractivity (Wildman–Crippen MR) is 74.3 cm³/mol. The van der Waals surface area contributed by atoms with Gasteiger partial charge in [0.05, 0.1) is 5.69 Å². The Morgan fingerprint density at radius 1 is 1.19 bits per heavy atom. The summed E-state index contributed by atoms with van der Waals surface area (Å²) in [6, 6.07) is 12.1. The normalized spacial score (nSPS) is 10.1. The van der Waals surface area contributed by atoms with E-state index < -0.39 is 0 Å². The highest BCUT2D eigenvalue weighted by Crippen LogP contribution is 2.19. The van der Waals surface area contributed by atoms with Gasteiger partial charge in [-0.1, -0.05) is 30.3 Å². The van der Waals surface area contributed by atoms with Crippen LogP contribution in [0, 0.1) is 3.70 Å². The third-order valence-corrected chi connectivity index (χ3v) is 2.65. The van der Waals surface area contributed by atoms with Crippen LogP contribution in [-0.2, 0) is 0 Å². The lowest BCUT2D eigenvalue weighted by Crippen LogP contribution is -2.03. The summed E-state index contributed by atoms with van der Waals surface area (Å²) in [5, 5.41) is 3.13. The smallest absolute Gasteiger partial charge is 0.224 e. The second-order valence-corrected chi connectivity index (χ2v) is 4.40. The zero-order chi connectivity index (χ0) is 11.4. The second kappa shape index (κ2) is 5.25. The van der Waals surface area contributed by atoms with Crippen molar-refractivity contribution in [3.63, 3.8) is 0 Å². The zero-order valence-electron chi connectivity index (χ0n) is 8.94. The molecule has 0 saturated carbocycles. The van der Waals surface area contributed by atoms with E-state index in [-0.39, 0.29) is 0 Å². The van der Waals surface area contributed by atoms with Gasteiger partial charge in [-0.2, -0.15) is 0 Å². The molecule has 2 aromatic rings. The lowest BCUT2D eigenvalue weighted by Gasteiger charge is -2.05. The van der Waals surface area contributed by atoms with Gasteiger partial charge >= 0.3 is 0 Å². The van der Waals surface area contributed by atoms with Crippen molar-refractivity contribution in [2.24, 2.45) is 0 Å². The Hall–Kier alpha value is -1.17. The van der Waals surface area contributed by atoms with Crippen LogP contribution in [0.2, 0.25) is 0 Å². The van der Waals surface area contributed by atoms with Gasteiger partial charge in [-0.05, 0) is 35.6 Å². The van der Waals surface area contributed by atoms with Crippen molar-refractivity contribution < 1.29 is 0 Å². The summed E-state index contributed by atoms with van der Waals surface area (Å²) in [5.41, 5.74) is 2.07. The minimum Gasteiger partial charge on any atom is -0.354 e. The molecule has 16 heavy (non-hydrogen) atoms. The van der Waals surface area contributed by atoms with Gasteiger partial charge in [-0.3, -0.25) is 0 Å². The first-order valence-electron chi connectivity index (χ1n) is 5.13. The third kappa shape index (κ3) is 2.69. The molecule has 0 radical (unpaired) electrons. The molecule has 0 aliphatic heterocycles. The van der Waals surface area contributed by atoms with Crippen LogP contribution in [-0.4, -0.2) is 16.5 Å². The van der Waals surface area contributed by atoms with E-state index >= 15 is 0 Å². The number of anilines is 1. The van der Waals surface area contributed by atoms with Gasteiger partial charge < -0.3 is 5.32 Å². The van der Waals surface area contributed by atoms with Gasteiger partial charge in [0.2, 0.25) is 5.95 Å². The van der Waals surface area contributed by atoms with Crippen molar-refractivity contribution in [1.82, 2.24) is 9.97 Å². The highest BCUT2D eigenvalue weighted by Gasteiger charge is 2.03. The Bertz CT molecular complexity index is 471. The first-order chi connectivity index (χ1) is 7.79. The first-order valence-corrected chi connectivity index (χ1v) is 6.21. The van der Waals surface area contributed by atoms with E-state index in [9.17, 15) is 0 Å². The Balaban J connectivity index is 2.41. The topological polar surface area (TPSA) is 37.8 Å². The van der Waals surface area contributed by atoms with Crippen LogP contribution >= 0.6 is 22.6 Å². The minimum absolute atomic E-state index is 0.688. The minimum atomic E-state index is 0.688. The summed E-state index contributed by atoms with van der Waals surface area (Å²) in [6.07, 6.45) is 0. The fourth-order valence-electron chi connectivity index (χ4n) is 1.41. The highest BCUT2D eigenvalue weighted by atomic mass is 127. The number of nitrogens with zero attached hydrogens (tertiary/aromatic N) is 2. The predicted octanol–water partition coefficient (Wildman–Crippen LogP) is 3.18. The number of halogens is 1. The quantitative estimate of drug-likeness (QED) is 0.696. The average molecular weight is 325 g/mol. The van der Waals surface area contributed by atoms with Crippen molar-refractivity contribution in [3.8, 4) is 11.3 Å². The van der Waals surface area contributed by atoms with Crippen molar-refractivity contribution >= 4 is 28.5 Å². The summed E-state index contributed by atoms with van der Waals surface area (Å²) < 4.78 is 0.947. The summed E-state index contributed by atoms with van der Waals surface area (Å²) in [4.78, 5) is 8.78. The number of benzene rings is 1. The lowest BCUT2D eigenvalue weighted by molar-refractivity contribution is 1.07. The molecule has 0 bridgehead atoms. The van der Waals surface area contributed by atoms with Gasteiger partial charge in [0.15, 0.2) is 0 Å². The van der Waals surface area contributed by atoms with Crippen molar-refractivity contribution in [3.05, 3.63) is 40.1 Å². The molecule has 0 saturated heterocycles. The number of nitrogens with one attached hydrogen (secondary N) is 1. The van der Waals surface area contributed by atoms with Gasteiger partial charge in [0.25, 0.3) is 0 Å². The molecule has 1 aromatic heterocycles. The Morgan fingerprint density at radius 3 is 2.62 bits per heavy atom. The molecule has 0 amide bonds. The van der Waals surface area contributed by atoms with E-state index in [0.29, 0.717) is 5.95 Å². The summed E-state index contributed by atoms with van der Waals surface area (Å²) in [6.45, 7) is 2.86. The maximum atomic E-state index is 4.47. The van der Waals surface area contributed by atoms with Crippen molar-refractivity contribution in [2.45, 2.75) is 6.92 Å². The number of hydrogen-bond donors (Lipinski definition) is 1. The average Bonchev–Trinajstić information content (AvgIpc) is 2.30. The number of hydrogen-bond acceptors (Lipinski definition) is 3. The van der Waals surface area contributed by atoms with Crippen molar-refractivity contribution in [1.29, 1.82) is 0 Å². The summed E-state index contributed by atoms with van der Waals surface area (Å²) in [5.74, 6) is 0.688. The molecule has 0 fully saturated rings. The van der Waals surface area contributed by atoms with E-state index in [1.807, 2.05) is 43.3 Å². The molecule has 4 heteroatoms. The van der Waals surface area contributed by atoms with Crippen LogP contribution in [0.4, 0.5) is 5.95 Å². The lowest BCUT2D eigenvalue weighted by atomic mass is 10.1. The van der Waals surface area contributed by atoms with Gasteiger partial charge in [0.1, 0.15) is 3.70 Å². The number of rotatable bonds is 3. The molecule has 1 heterocycles. The van der Waals surface area contributed by atoms with E-state index in [1.54, 1.807) is 0 Å². The van der Waals surface area contributed by atoms with E-state index in [2.05, 4.69) is 37.9 Å². The fourth-order valence-corrected chi connectivity index (χ4v) is 1.94. The van der Waals surface area contributed by atoms with E-state index in [0.717, 1.165) is 21.5 Å². The molecular weight excluding hydrogens is 313 g/mol. The summed E-state index contributed by atoms with van der Waals surface area (Å²) in [7, 11) is 0. The molecule has 82 valence electrons. The first kappa shape index (κ1) is 11.3. The van der Waals surface area contributed by atoms with Crippen LogP contribution < -0.4 is 5.32 Å². The SMILES string of the molecule is CCNc1nc(I)cc(-c2ccccc2)n1. The largest absolute Gasteiger partial charge is 0.354 e. The maximum absolute atomic E-state index is 4.47. The Labute approximate surface area is 108 Å². The molecule has 0 atom stereocenters. The molecule has 0 aliphatic carbocycles. The van der Waals surface area contributed by atoms with Gasteiger partial charge in [-0.15, -0.1) is 0 Å². The van der Waals surface area contributed by atoms with Crippen LogP contribution in [0.1, 0.15) is 6.92 Å².